The van der Waals surface area contributed by atoms with E-state index in [0.29, 0.717) is 5.56 Å². The van der Waals surface area contributed by atoms with Crippen LogP contribution in [0, 0.1) is 13.8 Å². The number of carbonyl (C=O) groups excluding carboxylic acids is 1. The Morgan fingerprint density at radius 1 is 0.963 bits per heavy atom. The third-order valence-electron chi connectivity index (χ3n) is 4.77. The number of carbonyl (C=O) groups is 1. The number of benzene rings is 2. The maximum Gasteiger partial charge on any atom is 0.256 e. The van der Waals surface area contributed by atoms with Crippen molar-refractivity contribution in [2.45, 2.75) is 13.8 Å². The van der Waals surface area contributed by atoms with Gasteiger partial charge in [0.25, 0.3) is 5.91 Å². The molecule has 0 fully saturated rings. The average Bonchev–Trinajstić information content (AvgIpc) is 2.71. The topological polar surface area (TPSA) is 54.9 Å². The summed E-state index contributed by atoms with van der Waals surface area (Å²) in [5.74, 6) is -0.146. The van der Waals surface area contributed by atoms with Crippen molar-refractivity contribution in [3.63, 3.8) is 0 Å². The van der Waals surface area contributed by atoms with E-state index in [4.69, 9.17) is 4.98 Å². The van der Waals surface area contributed by atoms with Gasteiger partial charge in [-0.15, -0.1) is 0 Å². The number of aryl methyl sites for hydroxylation is 1. The van der Waals surface area contributed by atoms with E-state index in [2.05, 4.69) is 10.3 Å². The average molecular weight is 353 g/mol. The van der Waals surface area contributed by atoms with Gasteiger partial charge in [-0.05, 0) is 55.3 Å². The van der Waals surface area contributed by atoms with Gasteiger partial charge in [0.1, 0.15) is 0 Å². The summed E-state index contributed by atoms with van der Waals surface area (Å²) in [6, 6.07) is 19.2. The number of amides is 1. The van der Waals surface area contributed by atoms with Gasteiger partial charge in [0.15, 0.2) is 0 Å². The van der Waals surface area contributed by atoms with Crippen LogP contribution in [0.5, 0.6) is 0 Å². The predicted molar refractivity (Wildman–Crippen MR) is 109 cm³/mol. The molecular formula is C23H19N3O. The molecule has 4 aromatic rings. The van der Waals surface area contributed by atoms with Gasteiger partial charge in [-0.25, -0.2) is 4.98 Å². The molecule has 2 heterocycles. The molecule has 2 aromatic carbocycles. The molecule has 0 saturated carbocycles. The first-order valence-corrected chi connectivity index (χ1v) is 8.81. The van der Waals surface area contributed by atoms with Crippen molar-refractivity contribution in [1.82, 2.24) is 9.97 Å². The monoisotopic (exact) mass is 353 g/mol. The molecule has 1 N–H and O–H groups in total. The minimum atomic E-state index is -0.146. The molecule has 0 unspecified atom stereocenters. The SMILES string of the molecule is Cc1cccc(NC(=O)c2cc(-c3cccnc3)nc3ccccc23)c1C. The Hall–Kier alpha value is -3.53. The highest BCUT2D eigenvalue weighted by Crippen LogP contribution is 2.26. The zero-order valence-corrected chi connectivity index (χ0v) is 15.2. The summed E-state index contributed by atoms with van der Waals surface area (Å²) in [6.45, 7) is 4.05. The maximum absolute atomic E-state index is 13.1. The molecule has 0 saturated heterocycles. The fraction of sp³-hybridized carbons (Fsp3) is 0.0870. The summed E-state index contributed by atoms with van der Waals surface area (Å²) < 4.78 is 0. The Balaban J connectivity index is 1.82. The lowest BCUT2D eigenvalue weighted by atomic mass is 10.0. The van der Waals surface area contributed by atoms with Gasteiger partial charge < -0.3 is 5.32 Å². The van der Waals surface area contributed by atoms with E-state index >= 15 is 0 Å². The van der Waals surface area contributed by atoms with Gasteiger partial charge in [0, 0.05) is 29.0 Å². The van der Waals surface area contributed by atoms with Crippen LogP contribution in [0.1, 0.15) is 21.5 Å². The van der Waals surface area contributed by atoms with Crippen LogP contribution in [0.3, 0.4) is 0 Å². The number of para-hydroxylation sites is 1. The lowest BCUT2D eigenvalue weighted by molar-refractivity contribution is 0.102. The first-order valence-electron chi connectivity index (χ1n) is 8.81. The van der Waals surface area contributed by atoms with E-state index in [-0.39, 0.29) is 5.91 Å². The van der Waals surface area contributed by atoms with Crippen LogP contribution in [0.4, 0.5) is 5.69 Å². The van der Waals surface area contributed by atoms with E-state index in [0.717, 1.165) is 39.0 Å². The normalized spacial score (nSPS) is 10.7. The Morgan fingerprint density at radius 3 is 2.63 bits per heavy atom. The van der Waals surface area contributed by atoms with Gasteiger partial charge >= 0.3 is 0 Å². The molecule has 0 radical (unpaired) electrons. The predicted octanol–water partition coefficient (Wildman–Crippen LogP) is 5.17. The van der Waals surface area contributed by atoms with E-state index in [1.807, 2.05) is 74.5 Å². The van der Waals surface area contributed by atoms with Crippen LogP contribution < -0.4 is 5.32 Å². The largest absolute Gasteiger partial charge is 0.322 e. The van der Waals surface area contributed by atoms with Gasteiger partial charge in [0.2, 0.25) is 0 Å². The standard InChI is InChI=1S/C23H19N3O/c1-15-7-5-11-20(16(15)2)26-23(27)19-13-22(17-8-6-12-24-14-17)25-21-10-4-3-9-18(19)21/h3-14H,1-2H3,(H,26,27). The maximum atomic E-state index is 13.1. The van der Waals surface area contributed by atoms with E-state index in [1.165, 1.54) is 0 Å². The molecule has 27 heavy (non-hydrogen) atoms. The third-order valence-corrected chi connectivity index (χ3v) is 4.77. The zero-order chi connectivity index (χ0) is 18.8. The number of nitrogens with zero attached hydrogens (tertiary/aromatic N) is 2. The van der Waals surface area contributed by atoms with Gasteiger partial charge in [0.05, 0.1) is 16.8 Å². The third kappa shape index (κ3) is 3.29. The number of fused-ring (bicyclic) bond motifs is 1. The number of aromatic nitrogens is 2. The Morgan fingerprint density at radius 2 is 1.81 bits per heavy atom. The van der Waals surface area contributed by atoms with Crippen LogP contribution in [-0.2, 0) is 0 Å². The molecule has 0 aliphatic carbocycles. The molecule has 0 bridgehead atoms. The molecule has 0 atom stereocenters. The summed E-state index contributed by atoms with van der Waals surface area (Å²) in [6.07, 6.45) is 3.47. The lowest BCUT2D eigenvalue weighted by Crippen LogP contribution is -2.14. The quantitative estimate of drug-likeness (QED) is 0.553. The summed E-state index contributed by atoms with van der Waals surface area (Å²) >= 11 is 0. The van der Waals surface area contributed by atoms with Gasteiger partial charge in [-0.2, -0.15) is 0 Å². The number of hydrogen-bond donors (Lipinski definition) is 1. The summed E-state index contributed by atoms with van der Waals surface area (Å²) in [5, 5.41) is 3.88. The molecule has 4 rings (SSSR count). The van der Waals surface area contributed by atoms with Crippen LogP contribution in [0.2, 0.25) is 0 Å². The van der Waals surface area contributed by atoms with Crippen LogP contribution in [-0.4, -0.2) is 15.9 Å². The summed E-state index contributed by atoms with van der Waals surface area (Å²) in [5.41, 5.74) is 6.02. The minimum Gasteiger partial charge on any atom is -0.322 e. The molecule has 2 aromatic heterocycles. The van der Waals surface area contributed by atoms with E-state index < -0.39 is 0 Å². The van der Waals surface area contributed by atoms with Crippen molar-refractivity contribution in [2.24, 2.45) is 0 Å². The molecule has 0 aliphatic rings. The first kappa shape index (κ1) is 16.9. The number of pyridine rings is 2. The highest BCUT2D eigenvalue weighted by molar-refractivity contribution is 6.13. The lowest BCUT2D eigenvalue weighted by Gasteiger charge is -2.13. The highest BCUT2D eigenvalue weighted by atomic mass is 16.1. The van der Waals surface area contributed by atoms with E-state index in [9.17, 15) is 4.79 Å². The van der Waals surface area contributed by atoms with Crippen LogP contribution >= 0.6 is 0 Å². The number of anilines is 1. The van der Waals surface area contributed by atoms with Crippen molar-refractivity contribution in [3.05, 3.63) is 89.7 Å². The molecule has 4 nitrogen and oxygen atoms in total. The molecule has 0 spiro atoms. The van der Waals surface area contributed by atoms with Crippen molar-refractivity contribution < 1.29 is 4.79 Å². The summed E-state index contributed by atoms with van der Waals surface area (Å²) in [7, 11) is 0. The van der Waals surface area contributed by atoms with Crippen LogP contribution in [0.25, 0.3) is 22.2 Å². The number of rotatable bonds is 3. The molecule has 1 amide bonds. The Labute approximate surface area is 157 Å². The second-order valence-corrected chi connectivity index (χ2v) is 6.52. The van der Waals surface area contributed by atoms with Crippen molar-refractivity contribution in [1.29, 1.82) is 0 Å². The van der Waals surface area contributed by atoms with Crippen molar-refractivity contribution in [2.75, 3.05) is 5.32 Å². The van der Waals surface area contributed by atoms with Crippen LogP contribution in [0.15, 0.2) is 73.1 Å². The van der Waals surface area contributed by atoms with E-state index in [1.54, 1.807) is 12.4 Å². The smallest absolute Gasteiger partial charge is 0.256 e. The fourth-order valence-electron chi connectivity index (χ4n) is 3.10. The second kappa shape index (κ2) is 7.00. The Bertz CT molecular complexity index is 1140. The highest BCUT2D eigenvalue weighted by Gasteiger charge is 2.15. The zero-order valence-electron chi connectivity index (χ0n) is 15.2. The number of hydrogen-bond acceptors (Lipinski definition) is 3. The molecule has 0 aliphatic heterocycles. The Kier molecular flexibility index (Phi) is 4.38. The molecular weight excluding hydrogens is 334 g/mol. The van der Waals surface area contributed by atoms with Crippen molar-refractivity contribution >= 4 is 22.5 Å². The number of nitrogens with one attached hydrogen (secondary N) is 1. The second-order valence-electron chi connectivity index (χ2n) is 6.52. The fourth-order valence-corrected chi connectivity index (χ4v) is 3.10. The molecule has 4 heteroatoms. The summed E-state index contributed by atoms with van der Waals surface area (Å²) in [4.78, 5) is 22.0. The van der Waals surface area contributed by atoms with Gasteiger partial charge in [-0.3, -0.25) is 9.78 Å². The van der Waals surface area contributed by atoms with Gasteiger partial charge in [-0.1, -0.05) is 30.3 Å². The van der Waals surface area contributed by atoms with Crippen molar-refractivity contribution in [3.8, 4) is 11.3 Å². The molecule has 132 valence electrons. The first-order chi connectivity index (χ1) is 13.1. The minimum absolute atomic E-state index is 0.146.